The number of rotatable bonds is 7. The number of halogens is 1. The molecule has 0 spiro atoms. The molecular weight excluding hydrogens is 278 g/mol. The highest BCUT2D eigenvalue weighted by Crippen LogP contribution is 2.29. The Balaban J connectivity index is 2.69. The molecule has 0 bridgehead atoms. The van der Waals surface area contributed by atoms with Crippen molar-refractivity contribution in [2.75, 3.05) is 13.2 Å². The first kappa shape index (κ1) is 14.3. The minimum absolute atomic E-state index is 0.611. The highest BCUT2D eigenvalue weighted by atomic mass is 79.9. The van der Waals surface area contributed by atoms with E-state index < -0.39 is 0 Å². The van der Waals surface area contributed by atoms with Crippen LogP contribution in [0.1, 0.15) is 25.8 Å². The van der Waals surface area contributed by atoms with E-state index in [2.05, 4.69) is 34.2 Å². The molecule has 0 heterocycles. The van der Waals surface area contributed by atoms with Crippen molar-refractivity contribution in [3.05, 3.63) is 40.4 Å². The number of nitrogens with one attached hydrogen (secondary N) is 1. The Bertz CT molecular complexity index is 363. The van der Waals surface area contributed by atoms with Crippen LogP contribution in [0.4, 0.5) is 0 Å². The van der Waals surface area contributed by atoms with Crippen molar-refractivity contribution in [2.24, 2.45) is 0 Å². The summed E-state index contributed by atoms with van der Waals surface area (Å²) < 4.78 is 6.78. The van der Waals surface area contributed by atoms with Gasteiger partial charge in [0.2, 0.25) is 0 Å². The number of hydrogen-bond acceptors (Lipinski definition) is 2. The Hall–Kier alpha value is -0.800. The molecule has 17 heavy (non-hydrogen) atoms. The first-order valence-corrected chi connectivity index (χ1v) is 6.81. The molecule has 0 unspecified atom stereocenters. The Morgan fingerprint density at radius 3 is 2.94 bits per heavy atom. The van der Waals surface area contributed by atoms with Gasteiger partial charge in [-0.15, -0.1) is 0 Å². The summed E-state index contributed by atoms with van der Waals surface area (Å²) in [5.74, 6) is 0.939. The Morgan fingerprint density at radius 1 is 1.41 bits per heavy atom. The van der Waals surface area contributed by atoms with Gasteiger partial charge in [-0.1, -0.05) is 31.2 Å². The van der Waals surface area contributed by atoms with Crippen LogP contribution in [0.25, 0.3) is 0 Å². The van der Waals surface area contributed by atoms with Crippen LogP contribution in [0.3, 0.4) is 0 Å². The minimum atomic E-state index is 0.611. The monoisotopic (exact) mass is 297 g/mol. The summed E-state index contributed by atoms with van der Waals surface area (Å²) in [5, 5.41) is 3.39. The molecule has 0 aliphatic carbocycles. The summed E-state index contributed by atoms with van der Waals surface area (Å²) in [5.41, 5.74) is 1.19. The Kier molecular flexibility index (Phi) is 6.97. The summed E-state index contributed by atoms with van der Waals surface area (Å²) in [4.78, 5) is 0. The van der Waals surface area contributed by atoms with E-state index in [1.54, 1.807) is 0 Å². The second kappa shape index (κ2) is 8.31. The molecule has 1 N–H and O–H groups in total. The summed E-state index contributed by atoms with van der Waals surface area (Å²) in [7, 11) is 0. The lowest BCUT2D eigenvalue weighted by atomic mass is 10.2. The quantitative estimate of drug-likeness (QED) is 0.609. The third-order valence-electron chi connectivity index (χ3n) is 2.35. The van der Waals surface area contributed by atoms with Crippen molar-refractivity contribution in [3.8, 4) is 5.75 Å². The zero-order valence-electron chi connectivity index (χ0n) is 10.5. The van der Waals surface area contributed by atoms with E-state index in [1.165, 1.54) is 5.56 Å². The highest BCUT2D eigenvalue weighted by molar-refractivity contribution is 9.10. The predicted molar refractivity (Wildman–Crippen MR) is 76.4 cm³/mol. The first-order valence-electron chi connectivity index (χ1n) is 6.01. The SMILES string of the molecule is CC=CCOc1c(Br)cccc1CNCCC. The number of allylic oxidation sites excluding steroid dienone is 1. The summed E-state index contributed by atoms with van der Waals surface area (Å²) >= 11 is 3.53. The van der Waals surface area contributed by atoms with Crippen molar-refractivity contribution >= 4 is 15.9 Å². The van der Waals surface area contributed by atoms with Crippen molar-refractivity contribution in [1.29, 1.82) is 0 Å². The molecule has 1 aromatic rings. The zero-order chi connectivity index (χ0) is 12.5. The lowest BCUT2D eigenvalue weighted by molar-refractivity contribution is 0.355. The number of hydrogen-bond donors (Lipinski definition) is 1. The van der Waals surface area contributed by atoms with Gasteiger partial charge in [-0.25, -0.2) is 0 Å². The van der Waals surface area contributed by atoms with E-state index in [0.29, 0.717) is 6.61 Å². The molecule has 1 rings (SSSR count). The average Bonchev–Trinajstić information content (AvgIpc) is 2.33. The second-order valence-electron chi connectivity index (χ2n) is 3.78. The van der Waals surface area contributed by atoms with Gasteiger partial charge in [0.05, 0.1) is 4.47 Å². The molecule has 0 aliphatic heterocycles. The van der Waals surface area contributed by atoms with Gasteiger partial charge < -0.3 is 10.1 Å². The maximum Gasteiger partial charge on any atom is 0.138 e. The van der Waals surface area contributed by atoms with Gasteiger partial charge >= 0.3 is 0 Å². The maximum atomic E-state index is 5.77. The smallest absolute Gasteiger partial charge is 0.138 e. The highest BCUT2D eigenvalue weighted by Gasteiger charge is 2.06. The molecule has 1 aromatic carbocycles. The molecule has 3 heteroatoms. The molecule has 0 saturated carbocycles. The van der Waals surface area contributed by atoms with Crippen molar-refractivity contribution in [1.82, 2.24) is 5.32 Å². The molecule has 0 aromatic heterocycles. The third kappa shape index (κ3) is 4.92. The van der Waals surface area contributed by atoms with Crippen LogP contribution < -0.4 is 10.1 Å². The van der Waals surface area contributed by atoms with E-state index >= 15 is 0 Å². The Morgan fingerprint density at radius 2 is 2.24 bits per heavy atom. The van der Waals surface area contributed by atoms with Crippen LogP contribution in [0, 0.1) is 0 Å². The number of ether oxygens (including phenoxy) is 1. The standard InChI is InChI=1S/C14H20BrNO/c1-3-5-10-17-14-12(11-16-9-4-2)7-6-8-13(14)15/h3,5-8,16H,4,9-11H2,1-2H3. The van der Waals surface area contributed by atoms with Crippen LogP contribution in [0.5, 0.6) is 5.75 Å². The van der Waals surface area contributed by atoms with E-state index in [0.717, 1.165) is 29.7 Å². The molecule has 2 nitrogen and oxygen atoms in total. The largest absolute Gasteiger partial charge is 0.488 e. The predicted octanol–water partition coefficient (Wildman–Crippen LogP) is 3.90. The van der Waals surface area contributed by atoms with Gasteiger partial charge in [0, 0.05) is 12.1 Å². The molecule has 0 aliphatic rings. The fraction of sp³-hybridized carbons (Fsp3) is 0.429. The molecule has 0 fully saturated rings. The van der Waals surface area contributed by atoms with Crippen LogP contribution in [-0.2, 0) is 6.54 Å². The molecule has 0 atom stereocenters. The minimum Gasteiger partial charge on any atom is -0.488 e. The lowest BCUT2D eigenvalue weighted by Crippen LogP contribution is -2.14. The molecule has 0 saturated heterocycles. The van der Waals surface area contributed by atoms with Crippen LogP contribution in [0.15, 0.2) is 34.8 Å². The van der Waals surface area contributed by atoms with Crippen LogP contribution in [-0.4, -0.2) is 13.2 Å². The van der Waals surface area contributed by atoms with Crippen molar-refractivity contribution in [2.45, 2.75) is 26.8 Å². The van der Waals surface area contributed by atoms with Crippen molar-refractivity contribution < 1.29 is 4.74 Å². The van der Waals surface area contributed by atoms with E-state index in [-0.39, 0.29) is 0 Å². The average molecular weight is 298 g/mol. The van der Waals surface area contributed by atoms with Gasteiger partial charge in [0.15, 0.2) is 0 Å². The van der Waals surface area contributed by atoms with Gasteiger partial charge in [-0.3, -0.25) is 0 Å². The normalized spacial score (nSPS) is 11.0. The lowest BCUT2D eigenvalue weighted by Gasteiger charge is -2.12. The van der Waals surface area contributed by atoms with Crippen LogP contribution >= 0.6 is 15.9 Å². The third-order valence-corrected chi connectivity index (χ3v) is 2.97. The van der Waals surface area contributed by atoms with Crippen molar-refractivity contribution in [3.63, 3.8) is 0 Å². The van der Waals surface area contributed by atoms with Gasteiger partial charge in [-0.05, 0) is 41.9 Å². The van der Waals surface area contributed by atoms with Gasteiger partial charge in [-0.2, -0.15) is 0 Å². The van der Waals surface area contributed by atoms with E-state index in [1.807, 2.05) is 31.2 Å². The van der Waals surface area contributed by atoms with Gasteiger partial charge in [0.1, 0.15) is 12.4 Å². The molecule has 0 amide bonds. The number of para-hydroxylation sites is 1. The summed E-state index contributed by atoms with van der Waals surface area (Å²) in [6, 6.07) is 6.14. The molecule has 94 valence electrons. The molecular formula is C14H20BrNO. The van der Waals surface area contributed by atoms with Crippen LogP contribution in [0.2, 0.25) is 0 Å². The zero-order valence-corrected chi connectivity index (χ0v) is 12.1. The van der Waals surface area contributed by atoms with E-state index in [9.17, 15) is 0 Å². The molecule has 0 radical (unpaired) electrons. The first-order chi connectivity index (χ1) is 8.29. The summed E-state index contributed by atoms with van der Waals surface area (Å²) in [6.07, 6.45) is 5.14. The topological polar surface area (TPSA) is 21.3 Å². The fourth-order valence-corrected chi connectivity index (χ4v) is 2.00. The van der Waals surface area contributed by atoms with Gasteiger partial charge in [0.25, 0.3) is 0 Å². The Labute approximate surface area is 112 Å². The van der Waals surface area contributed by atoms with E-state index in [4.69, 9.17) is 4.74 Å². The number of benzene rings is 1. The fourth-order valence-electron chi connectivity index (χ4n) is 1.48. The summed E-state index contributed by atoms with van der Waals surface area (Å²) in [6.45, 7) is 6.64. The maximum absolute atomic E-state index is 5.77. The second-order valence-corrected chi connectivity index (χ2v) is 4.64.